The highest BCUT2D eigenvalue weighted by molar-refractivity contribution is 7.10. The fourth-order valence-corrected chi connectivity index (χ4v) is 6.95. The van der Waals surface area contributed by atoms with E-state index in [1.165, 1.54) is 45.7 Å². The molecule has 0 fully saturated rings. The first kappa shape index (κ1) is 34.8. The predicted octanol–water partition coefficient (Wildman–Crippen LogP) is 2.38. The molecule has 0 aromatic carbocycles. The lowest BCUT2D eigenvalue weighted by molar-refractivity contribution is -0.145. The number of imidazole rings is 2. The van der Waals surface area contributed by atoms with Gasteiger partial charge in [-0.25, -0.2) is 29.5 Å². The van der Waals surface area contributed by atoms with Gasteiger partial charge < -0.3 is 19.3 Å². The Morgan fingerprint density at radius 3 is 1.58 bits per heavy atom. The third kappa shape index (κ3) is 9.79. The van der Waals surface area contributed by atoms with Crippen LogP contribution < -0.4 is 21.3 Å². The molecule has 2 unspecified atom stereocenters. The molecule has 6 aromatic rings. The van der Waals surface area contributed by atoms with Gasteiger partial charge in [-0.1, -0.05) is 0 Å². The summed E-state index contributed by atoms with van der Waals surface area (Å²) < 4.78 is 22.8. The van der Waals surface area contributed by atoms with Crippen molar-refractivity contribution >= 4 is 67.9 Å². The van der Waals surface area contributed by atoms with E-state index in [4.69, 9.17) is 20.9 Å². The van der Waals surface area contributed by atoms with Crippen LogP contribution in [0.3, 0.4) is 0 Å². The number of nitrogens with two attached hydrogens (primary N) is 2. The van der Waals surface area contributed by atoms with Crippen LogP contribution in [0.25, 0.3) is 11.9 Å². The summed E-state index contributed by atoms with van der Waals surface area (Å²) in [6.07, 6.45) is 14.0. The van der Waals surface area contributed by atoms with E-state index in [0.717, 1.165) is 22.2 Å². The number of aromatic nitrogens is 10. The molecule has 0 saturated carbocycles. The molecule has 22 heteroatoms. The summed E-state index contributed by atoms with van der Waals surface area (Å²) >= 11 is 5.47. The Morgan fingerprint density at radius 1 is 0.740 bits per heavy atom. The van der Waals surface area contributed by atoms with Gasteiger partial charge in [0.15, 0.2) is 12.5 Å². The summed E-state index contributed by atoms with van der Waals surface area (Å²) in [5.41, 5.74) is 12.2. The summed E-state index contributed by atoms with van der Waals surface area (Å²) in [4.78, 5) is 54.8. The molecule has 4 N–H and O–H groups in total. The van der Waals surface area contributed by atoms with Gasteiger partial charge in [-0.15, -0.1) is 22.7 Å². The molecule has 0 spiro atoms. The minimum Gasteiger partial charge on any atom is -0.444 e. The number of ether oxygens (including phenoxy) is 2. The van der Waals surface area contributed by atoms with Crippen molar-refractivity contribution in [3.8, 4) is 11.9 Å². The van der Waals surface area contributed by atoms with E-state index in [-0.39, 0.29) is 12.8 Å². The minimum atomic E-state index is -0.955. The highest BCUT2D eigenvalue weighted by Gasteiger charge is 2.20. The third-order valence-corrected chi connectivity index (χ3v) is 9.76. The fourth-order valence-electron chi connectivity index (χ4n) is 4.31. The van der Waals surface area contributed by atoms with Crippen LogP contribution in [0.15, 0.2) is 72.7 Å². The first-order chi connectivity index (χ1) is 24.4. The van der Waals surface area contributed by atoms with Gasteiger partial charge in [0, 0.05) is 109 Å². The minimum absolute atomic E-state index is 0.274. The van der Waals surface area contributed by atoms with Crippen molar-refractivity contribution in [2.75, 3.05) is 22.9 Å². The van der Waals surface area contributed by atoms with E-state index < -0.39 is 24.4 Å². The third-order valence-electron chi connectivity index (χ3n) is 6.70. The van der Waals surface area contributed by atoms with Crippen molar-refractivity contribution in [2.45, 2.75) is 38.4 Å². The van der Waals surface area contributed by atoms with Crippen molar-refractivity contribution in [1.82, 2.24) is 47.8 Å². The van der Waals surface area contributed by atoms with Gasteiger partial charge in [0.25, 0.3) is 0 Å². The molecule has 0 amide bonds. The van der Waals surface area contributed by atoms with E-state index in [0.29, 0.717) is 48.3 Å². The van der Waals surface area contributed by atoms with Crippen LogP contribution in [0.1, 0.15) is 22.9 Å². The molecular weight excluding hydrogens is 725 g/mol. The first-order valence-corrected chi connectivity index (χ1v) is 18.2. The highest BCUT2D eigenvalue weighted by Crippen LogP contribution is 2.24. The van der Waals surface area contributed by atoms with E-state index >= 15 is 0 Å². The molecule has 6 rings (SSSR count). The van der Waals surface area contributed by atoms with Gasteiger partial charge in [0.05, 0.1) is 13.1 Å². The smallest absolute Gasteiger partial charge is 0.332 e. The molecular formula is C28H30N14O4S4. The van der Waals surface area contributed by atoms with E-state index in [1.54, 1.807) is 59.0 Å². The molecule has 0 bridgehead atoms. The summed E-state index contributed by atoms with van der Waals surface area (Å²) in [6, 6.07) is 0. The molecule has 50 heavy (non-hydrogen) atoms. The molecule has 6 heterocycles. The second-order valence-electron chi connectivity index (χ2n) is 10.2. The maximum atomic E-state index is 12.5. The molecule has 6 aromatic heterocycles. The van der Waals surface area contributed by atoms with Crippen LogP contribution in [0, 0.1) is 0 Å². The van der Waals surface area contributed by atoms with Crippen molar-refractivity contribution in [1.29, 1.82) is 0 Å². The average Bonchev–Trinajstić information content (AvgIpc) is 3.95. The molecule has 0 aliphatic rings. The number of hydrogen-bond donors (Lipinski definition) is 2. The zero-order valence-corrected chi connectivity index (χ0v) is 29.4. The van der Waals surface area contributed by atoms with E-state index in [9.17, 15) is 9.59 Å². The fraction of sp³-hybridized carbons (Fsp3) is 0.286. The highest BCUT2D eigenvalue weighted by atomic mass is 32.1. The zero-order chi connectivity index (χ0) is 34.7. The standard InChI is InChI=1S/C28H30N14O4S4/c29-19(3-9-39(15-21-33-7-13-47-21)27-35-25(37-49-27)41-11-5-31-17-41)45-23(43)1-2-24(44)46-20(30)4-10-40(16-22-34-8-14-48-22)28-36-26(38-50-28)42-12-6-32-18-42/h1-2,5-8,11-14,17-20H,3-4,9-10,15-16,29-30H2/b2-1+. The van der Waals surface area contributed by atoms with Gasteiger partial charge in [-0.2, -0.15) is 18.7 Å². The molecule has 2 atom stereocenters. The van der Waals surface area contributed by atoms with Gasteiger partial charge >= 0.3 is 11.9 Å². The first-order valence-electron chi connectivity index (χ1n) is 14.9. The van der Waals surface area contributed by atoms with E-state index in [2.05, 4.69) is 38.7 Å². The average molecular weight is 755 g/mol. The Balaban J connectivity index is 0.966. The number of esters is 2. The number of anilines is 2. The maximum absolute atomic E-state index is 12.5. The van der Waals surface area contributed by atoms with Crippen molar-refractivity contribution in [2.24, 2.45) is 11.5 Å². The van der Waals surface area contributed by atoms with Crippen molar-refractivity contribution < 1.29 is 19.1 Å². The van der Waals surface area contributed by atoms with Crippen molar-refractivity contribution in [3.63, 3.8) is 0 Å². The largest absolute Gasteiger partial charge is 0.444 e. The van der Waals surface area contributed by atoms with E-state index in [1.807, 2.05) is 20.6 Å². The summed E-state index contributed by atoms with van der Waals surface area (Å²) in [7, 11) is 0. The Morgan fingerprint density at radius 2 is 1.20 bits per heavy atom. The molecule has 260 valence electrons. The number of thiazole rings is 2. The maximum Gasteiger partial charge on any atom is 0.332 e. The van der Waals surface area contributed by atoms with Gasteiger partial charge in [0.2, 0.25) is 22.2 Å². The summed E-state index contributed by atoms with van der Waals surface area (Å²) in [6.45, 7) is 1.74. The molecule has 0 aliphatic carbocycles. The lowest BCUT2D eigenvalue weighted by Crippen LogP contribution is -2.33. The van der Waals surface area contributed by atoms with Gasteiger partial charge in [-0.3, -0.25) is 20.6 Å². The topological polar surface area (TPSA) is 224 Å². The number of carbonyl (C=O) groups is 2. The lowest BCUT2D eigenvalue weighted by Gasteiger charge is -2.22. The Hall–Kier alpha value is -5.00. The van der Waals surface area contributed by atoms with Crippen LogP contribution in [0.5, 0.6) is 0 Å². The van der Waals surface area contributed by atoms with Gasteiger partial charge in [-0.05, 0) is 0 Å². The second kappa shape index (κ2) is 17.1. The number of hydrogen-bond acceptors (Lipinski definition) is 20. The zero-order valence-electron chi connectivity index (χ0n) is 26.1. The predicted molar refractivity (Wildman–Crippen MR) is 187 cm³/mol. The summed E-state index contributed by atoms with van der Waals surface area (Å²) in [5.74, 6) is -0.618. The summed E-state index contributed by atoms with van der Waals surface area (Å²) in [5, 5.41) is 6.83. The molecule has 18 nitrogen and oxygen atoms in total. The Bertz CT molecular complexity index is 1790. The molecule has 0 radical (unpaired) electrons. The SMILES string of the molecule is NC(CCN(Cc1nccs1)c1nc(-n2ccnc2)ns1)OC(=O)/C=C/C(=O)OC(N)CCN(Cc1nccs1)c1nc(-n2ccnc2)ns1. The van der Waals surface area contributed by atoms with Gasteiger partial charge in [0.1, 0.15) is 22.7 Å². The molecule has 0 aliphatic heterocycles. The van der Waals surface area contributed by atoms with Crippen LogP contribution in [0.2, 0.25) is 0 Å². The van der Waals surface area contributed by atoms with Crippen LogP contribution in [-0.2, 0) is 32.2 Å². The normalized spacial score (nSPS) is 12.6. The second-order valence-corrected chi connectivity index (χ2v) is 13.7. The quantitative estimate of drug-likeness (QED) is 0.0730. The van der Waals surface area contributed by atoms with Crippen LogP contribution >= 0.6 is 45.7 Å². The number of rotatable bonds is 18. The monoisotopic (exact) mass is 754 g/mol. The number of nitrogens with zero attached hydrogens (tertiary/aromatic N) is 12. The molecule has 0 saturated heterocycles. The van der Waals surface area contributed by atoms with Crippen LogP contribution in [0.4, 0.5) is 10.3 Å². The van der Waals surface area contributed by atoms with Crippen LogP contribution in [-0.4, -0.2) is 85.3 Å². The Kier molecular flexibility index (Phi) is 11.9. The van der Waals surface area contributed by atoms with Crippen molar-refractivity contribution in [3.05, 3.63) is 82.8 Å². The Labute approximate surface area is 301 Å². The lowest BCUT2D eigenvalue weighted by atomic mass is 10.3. The number of carbonyl (C=O) groups excluding carboxylic acids is 2.